The van der Waals surface area contributed by atoms with E-state index in [0.717, 1.165) is 12.1 Å². The number of halogens is 2. The molecule has 4 nitrogen and oxygen atoms in total. The van der Waals surface area contributed by atoms with Gasteiger partial charge in [-0.1, -0.05) is 12.1 Å². The summed E-state index contributed by atoms with van der Waals surface area (Å²) in [6, 6.07) is 9.01. The van der Waals surface area contributed by atoms with E-state index in [1.807, 2.05) is 0 Å². The second kappa shape index (κ2) is 6.80. The molecule has 0 aromatic heterocycles. The van der Waals surface area contributed by atoms with E-state index in [0.29, 0.717) is 5.56 Å². The van der Waals surface area contributed by atoms with Crippen LogP contribution in [0.3, 0.4) is 0 Å². The molecule has 0 aliphatic rings. The number of rotatable bonds is 5. The number of carbonyl (C=O) groups is 2. The molecular weight excluding hydrogens is 292 g/mol. The zero-order valence-corrected chi connectivity index (χ0v) is 11.4. The molecule has 2 aromatic rings. The van der Waals surface area contributed by atoms with Crippen molar-refractivity contribution in [1.29, 1.82) is 0 Å². The van der Waals surface area contributed by atoms with Gasteiger partial charge in [0.15, 0.2) is 0 Å². The van der Waals surface area contributed by atoms with Crippen LogP contribution in [0.15, 0.2) is 48.5 Å². The highest BCUT2D eigenvalue weighted by atomic mass is 19.1. The van der Waals surface area contributed by atoms with Crippen LogP contribution < -0.4 is 5.32 Å². The number of hydrogen-bond acceptors (Lipinski definition) is 2. The summed E-state index contributed by atoms with van der Waals surface area (Å²) in [4.78, 5) is 23.2. The van der Waals surface area contributed by atoms with E-state index in [1.165, 1.54) is 30.3 Å². The topological polar surface area (TPSA) is 66.4 Å². The lowest BCUT2D eigenvalue weighted by Gasteiger charge is -2.14. The zero-order valence-electron chi connectivity index (χ0n) is 11.4. The maximum Gasteiger partial charge on any atom is 0.326 e. The molecule has 6 heteroatoms. The van der Waals surface area contributed by atoms with Gasteiger partial charge in [-0.05, 0) is 42.0 Å². The van der Waals surface area contributed by atoms with E-state index < -0.39 is 29.6 Å². The van der Waals surface area contributed by atoms with E-state index in [-0.39, 0.29) is 12.0 Å². The fourth-order valence-corrected chi connectivity index (χ4v) is 1.94. The summed E-state index contributed by atoms with van der Waals surface area (Å²) in [5.41, 5.74) is 0.596. The molecule has 0 radical (unpaired) electrons. The molecule has 22 heavy (non-hydrogen) atoms. The van der Waals surface area contributed by atoms with Gasteiger partial charge in [0.1, 0.15) is 17.7 Å². The molecule has 0 saturated carbocycles. The third-order valence-corrected chi connectivity index (χ3v) is 3.04. The first-order valence-corrected chi connectivity index (χ1v) is 6.49. The first kappa shape index (κ1) is 15.6. The Morgan fingerprint density at radius 3 is 2.32 bits per heavy atom. The van der Waals surface area contributed by atoms with Crippen LogP contribution in [-0.4, -0.2) is 23.0 Å². The van der Waals surface area contributed by atoms with Gasteiger partial charge in [0, 0.05) is 12.0 Å². The van der Waals surface area contributed by atoms with Crippen LogP contribution in [0.2, 0.25) is 0 Å². The fourth-order valence-electron chi connectivity index (χ4n) is 1.94. The first-order chi connectivity index (χ1) is 10.5. The standard InChI is InChI=1S/C16H13F2NO3/c17-12-6-4-11(5-7-12)15(20)19-14(16(21)22)9-10-2-1-3-13(18)8-10/h1-8,14H,9H2,(H,19,20)(H,21,22)/t14-/m0/s1. The van der Waals surface area contributed by atoms with Gasteiger partial charge >= 0.3 is 5.97 Å². The Kier molecular flexibility index (Phi) is 4.83. The maximum atomic E-state index is 13.1. The second-order valence-corrected chi connectivity index (χ2v) is 4.71. The Hall–Kier alpha value is -2.76. The highest BCUT2D eigenvalue weighted by molar-refractivity contribution is 5.96. The first-order valence-electron chi connectivity index (χ1n) is 6.49. The Balaban J connectivity index is 2.10. The summed E-state index contributed by atoms with van der Waals surface area (Å²) in [6.45, 7) is 0. The van der Waals surface area contributed by atoms with Gasteiger partial charge in [0.25, 0.3) is 5.91 Å². The van der Waals surface area contributed by atoms with E-state index in [9.17, 15) is 23.5 Å². The molecule has 2 N–H and O–H groups in total. The van der Waals surface area contributed by atoms with E-state index in [2.05, 4.69) is 5.32 Å². The van der Waals surface area contributed by atoms with Crippen LogP contribution in [0.5, 0.6) is 0 Å². The number of carboxylic acids is 1. The normalized spacial score (nSPS) is 11.7. The predicted molar refractivity (Wildman–Crippen MR) is 75.4 cm³/mol. The van der Waals surface area contributed by atoms with Crippen molar-refractivity contribution in [3.8, 4) is 0 Å². The average Bonchev–Trinajstić information content (AvgIpc) is 2.47. The number of amides is 1. The summed E-state index contributed by atoms with van der Waals surface area (Å²) in [5.74, 6) is -2.85. The highest BCUT2D eigenvalue weighted by Crippen LogP contribution is 2.08. The third-order valence-electron chi connectivity index (χ3n) is 3.04. The SMILES string of the molecule is O=C(N[C@@H](Cc1cccc(F)c1)C(=O)O)c1ccc(F)cc1. The molecule has 0 unspecified atom stereocenters. The van der Waals surface area contributed by atoms with Gasteiger partial charge in [-0.2, -0.15) is 0 Å². The number of hydrogen-bond donors (Lipinski definition) is 2. The van der Waals surface area contributed by atoms with Crippen LogP contribution in [0.25, 0.3) is 0 Å². The third kappa shape index (κ3) is 4.12. The second-order valence-electron chi connectivity index (χ2n) is 4.71. The minimum Gasteiger partial charge on any atom is -0.480 e. The molecule has 0 saturated heterocycles. The molecule has 0 fully saturated rings. The number of benzene rings is 2. The molecule has 1 amide bonds. The number of carbonyl (C=O) groups excluding carboxylic acids is 1. The van der Waals surface area contributed by atoms with E-state index in [4.69, 9.17) is 0 Å². The summed E-state index contributed by atoms with van der Waals surface area (Å²) in [5, 5.41) is 11.5. The number of nitrogens with one attached hydrogen (secondary N) is 1. The van der Waals surface area contributed by atoms with Crippen molar-refractivity contribution in [2.24, 2.45) is 0 Å². The van der Waals surface area contributed by atoms with Gasteiger partial charge in [0.05, 0.1) is 0 Å². The maximum absolute atomic E-state index is 13.1. The fraction of sp³-hybridized carbons (Fsp3) is 0.125. The Bertz CT molecular complexity index is 686. The molecule has 0 heterocycles. The molecule has 2 rings (SSSR count). The van der Waals surface area contributed by atoms with Crippen molar-refractivity contribution in [2.45, 2.75) is 12.5 Å². The number of carboxylic acid groups (broad SMARTS) is 1. The van der Waals surface area contributed by atoms with Crippen LogP contribution in [0, 0.1) is 11.6 Å². The molecular formula is C16H13F2NO3. The summed E-state index contributed by atoms with van der Waals surface area (Å²) >= 11 is 0. The molecule has 2 aromatic carbocycles. The van der Waals surface area contributed by atoms with Gasteiger partial charge in [-0.15, -0.1) is 0 Å². The van der Waals surface area contributed by atoms with Crippen LogP contribution >= 0.6 is 0 Å². The molecule has 0 bridgehead atoms. The molecule has 0 aliphatic carbocycles. The monoisotopic (exact) mass is 305 g/mol. The minimum atomic E-state index is -1.24. The van der Waals surface area contributed by atoms with Gasteiger partial charge in [-0.3, -0.25) is 4.79 Å². The van der Waals surface area contributed by atoms with Gasteiger partial charge in [-0.25, -0.2) is 13.6 Å². The highest BCUT2D eigenvalue weighted by Gasteiger charge is 2.21. The molecule has 0 aliphatic heterocycles. The predicted octanol–water partition coefficient (Wildman–Crippen LogP) is 2.39. The van der Waals surface area contributed by atoms with Crippen molar-refractivity contribution >= 4 is 11.9 Å². The van der Waals surface area contributed by atoms with Crippen LogP contribution in [-0.2, 0) is 11.2 Å². The largest absolute Gasteiger partial charge is 0.480 e. The Labute approximate surface area is 125 Å². The summed E-state index contributed by atoms with van der Waals surface area (Å²) in [7, 11) is 0. The van der Waals surface area contributed by atoms with Crippen molar-refractivity contribution in [3.05, 3.63) is 71.3 Å². The molecule has 1 atom stereocenters. The lowest BCUT2D eigenvalue weighted by Crippen LogP contribution is -2.42. The van der Waals surface area contributed by atoms with E-state index in [1.54, 1.807) is 6.07 Å². The van der Waals surface area contributed by atoms with Crippen LogP contribution in [0.1, 0.15) is 15.9 Å². The van der Waals surface area contributed by atoms with Crippen molar-refractivity contribution in [3.63, 3.8) is 0 Å². The lowest BCUT2D eigenvalue weighted by atomic mass is 10.1. The lowest BCUT2D eigenvalue weighted by molar-refractivity contribution is -0.139. The van der Waals surface area contributed by atoms with E-state index >= 15 is 0 Å². The average molecular weight is 305 g/mol. The Morgan fingerprint density at radius 2 is 1.73 bits per heavy atom. The quantitative estimate of drug-likeness (QED) is 0.891. The van der Waals surface area contributed by atoms with Crippen molar-refractivity contribution in [1.82, 2.24) is 5.32 Å². The Morgan fingerprint density at radius 1 is 1.05 bits per heavy atom. The van der Waals surface area contributed by atoms with Crippen molar-refractivity contribution < 1.29 is 23.5 Å². The summed E-state index contributed by atoms with van der Waals surface area (Å²) < 4.78 is 25.9. The molecule has 0 spiro atoms. The zero-order chi connectivity index (χ0) is 16.1. The number of aliphatic carboxylic acids is 1. The van der Waals surface area contributed by atoms with Crippen molar-refractivity contribution in [2.75, 3.05) is 0 Å². The van der Waals surface area contributed by atoms with Gasteiger partial charge < -0.3 is 10.4 Å². The minimum absolute atomic E-state index is 0.0555. The van der Waals surface area contributed by atoms with Crippen LogP contribution in [0.4, 0.5) is 8.78 Å². The smallest absolute Gasteiger partial charge is 0.326 e. The van der Waals surface area contributed by atoms with Gasteiger partial charge in [0.2, 0.25) is 0 Å². The summed E-state index contributed by atoms with van der Waals surface area (Å²) in [6.07, 6.45) is -0.0555. The molecule has 114 valence electrons.